The summed E-state index contributed by atoms with van der Waals surface area (Å²) in [4.78, 5) is 15.9. The van der Waals surface area contributed by atoms with Gasteiger partial charge in [-0.3, -0.25) is 0 Å². The molecule has 0 fully saturated rings. The summed E-state index contributed by atoms with van der Waals surface area (Å²) < 4.78 is 5.19. The van der Waals surface area contributed by atoms with Crippen LogP contribution in [0.2, 0.25) is 0 Å². The maximum Gasteiger partial charge on any atom is 0.407 e. The molecule has 0 atom stereocenters. The van der Waals surface area contributed by atoms with Crippen LogP contribution in [0.3, 0.4) is 0 Å². The largest absolute Gasteiger partial charge is 0.444 e. The number of benzene rings is 1. The Morgan fingerprint density at radius 2 is 2.09 bits per heavy atom. The fourth-order valence-corrected chi connectivity index (χ4v) is 2.00. The summed E-state index contributed by atoms with van der Waals surface area (Å²) in [6, 6.07) is 7.56. The molecule has 0 aliphatic carbocycles. The van der Waals surface area contributed by atoms with E-state index in [9.17, 15) is 4.79 Å². The van der Waals surface area contributed by atoms with Crippen LogP contribution in [-0.2, 0) is 11.3 Å². The van der Waals surface area contributed by atoms with E-state index < -0.39 is 11.7 Å². The fourth-order valence-electron chi connectivity index (χ4n) is 1.53. The number of amidine groups is 1. The van der Waals surface area contributed by atoms with Crippen LogP contribution >= 0.6 is 35.7 Å². The Morgan fingerprint density at radius 3 is 2.68 bits per heavy atom. The Hall–Kier alpha value is -0.960. The highest BCUT2D eigenvalue weighted by atomic mass is 127. The third-order valence-corrected chi connectivity index (χ3v) is 2.95. The zero-order valence-electron chi connectivity index (χ0n) is 13.4. The molecule has 0 unspecified atom stereocenters. The Kier molecular flexibility index (Phi) is 9.50. The molecule has 0 radical (unpaired) electrons. The molecule has 1 rings (SSSR count). The lowest BCUT2D eigenvalue weighted by Gasteiger charge is -2.19. The Balaban J connectivity index is 0.00000441. The molecule has 0 spiro atoms. The first-order valence-corrected chi connectivity index (χ1v) is 7.81. The topological polar surface area (TPSA) is 76.7 Å². The Morgan fingerprint density at radius 1 is 1.41 bits per heavy atom. The van der Waals surface area contributed by atoms with Crippen molar-refractivity contribution in [1.29, 1.82) is 0 Å². The molecule has 5 nitrogen and oxygen atoms in total. The molecular weight excluding hydrogens is 413 g/mol. The van der Waals surface area contributed by atoms with Crippen molar-refractivity contribution < 1.29 is 9.53 Å². The lowest BCUT2D eigenvalue weighted by Crippen LogP contribution is -2.32. The number of carbonyl (C=O) groups excluding carboxylic acids is 1. The summed E-state index contributed by atoms with van der Waals surface area (Å²) >= 11 is 1.49. The molecule has 1 aromatic carbocycles. The van der Waals surface area contributed by atoms with E-state index in [0.29, 0.717) is 11.7 Å². The van der Waals surface area contributed by atoms with E-state index in [1.54, 1.807) is 0 Å². The SMILES string of the molecule is CCSC(N)=Nc1cccc(CNC(=O)OC(C)(C)C)c1.I. The van der Waals surface area contributed by atoms with Crippen LogP contribution in [0.1, 0.15) is 33.3 Å². The molecular formula is C15H24IN3O2S. The van der Waals surface area contributed by atoms with Gasteiger partial charge < -0.3 is 15.8 Å². The van der Waals surface area contributed by atoms with Crippen LogP contribution in [0, 0.1) is 0 Å². The summed E-state index contributed by atoms with van der Waals surface area (Å²) in [5.41, 5.74) is 7.00. The molecule has 0 saturated heterocycles. The van der Waals surface area contributed by atoms with E-state index in [-0.39, 0.29) is 24.0 Å². The molecule has 0 heterocycles. The van der Waals surface area contributed by atoms with E-state index in [1.807, 2.05) is 52.0 Å². The van der Waals surface area contributed by atoms with Crippen LogP contribution < -0.4 is 11.1 Å². The Labute approximate surface area is 153 Å². The van der Waals surface area contributed by atoms with Gasteiger partial charge in [-0.1, -0.05) is 30.8 Å². The van der Waals surface area contributed by atoms with Crippen LogP contribution in [0.15, 0.2) is 29.3 Å². The highest BCUT2D eigenvalue weighted by Crippen LogP contribution is 2.16. The smallest absolute Gasteiger partial charge is 0.407 e. The molecule has 0 aromatic heterocycles. The quantitative estimate of drug-likeness (QED) is 0.424. The minimum absolute atomic E-state index is 0. The minimum atomic E-state index is -0.498. The zero-order valence-corrected chi connectivity index (χ0v) is 16.5. The average molecular weight is 437 g/mol. The van der Waals surface area contributed by atoms with Gasteiger partial charge in [-0.15, -0.1) is 24.0 Å². The van der Waals surface area contributed by atoms with E-state index in [4.69, 9.17) is 10.5 Å². The van der Waals surface area contributed by atoms with E-state index in [0.717, 1.165) is 17.0 Å². The first kappa shape index (κ1) is 21.0. The summed E-state index contributed by atoms with van der Waals surface area (Å²) in [5, 5.41) is 3.25. The van der Waals surface area contributed by atoms with Gasteiger partial charge in [0, 0.05) is 6.54 Å². The number of hydrogen-bond donors (Lipinski definition) is 2. The van der Waals surface area contributed by atoms with Crippen molar-refractivity contribution >= 4 is 52.7 Å². The van der Waals surface area contributed by atoms with Gasteiger partial charge in [0.05, 0.1) is 5.69 Å². The van der Waals surface area contributed by atoms with E-state index in [2.05, 4.69) is 10.3 Å². The number of carbonyl (C=O) groups is 1. The molecule has 0 aliphatic heterocycles. The summed E-state index contributed by atoms with van der Waals surface area (Å²) in [7, 11) is 0. The highest BCUT2D eigenvalue weighted by molar-refractivity contribution is 14.0. The molecule has 22 heavy (non-hydrogen) atoms. The van der Waals surface area contributed by atoms with E-state index >= 15 is 0 Å². The number of rotatable bonds is 4. The number of halogens is 1. The molecule has 0 aliphatic rings. The third kappa shape index (κ3) is 9.14. The number of ether oxygens (including phenoxy) is 1. The number of nitrogens with zero attached hydrogens (tertiary/aromatic N) is 1. The highest BCUT2D eigenvalue weighted by Gasteiger charge is 2.15. The minimum Gasteiger partial charge on any atom is -0.444 e. The number of alkyl carbamates (subject to hydrolysis) is 1. The number of nitrogens with one attached hydrogen (secondary N) is 1. The maximum absolute atomic E-state index is 11.6. The average Bonchev–Trinajstić information content (AvgIpc) is 2.35. The van der Waals surface area contributed by atoms with Crippen molar-refractivity contribution in [2.24, 2.45) is 10.7 Å². The van der Waals surface area contributed by atoms with Crippen LogP contribution in [-0.4, -0.2) is 22.6 Å². The molecule has 124 valence electrons. The van der Waals surface area contributed by atoms with Gasteiger partial charge in [-0.05, 0) is 44.2 Å². The standard InChI is InChI=1S/C15H23N3O2S.HI/c1-5-21-13(16)18-12-8-6-7-11(9-12)10-17-14(19)20-15(2,3)4;/h6-9H,5,10H2,1-4H3,(H2,16,18)(H,17,19);1H. The van der Waals surface area contributed by atoms with Crippen molar-refractivity contribution in [3.05, 3.63) is 29.8 Å². The van der Waals surface area contributed by atoms with Gasteiger partial charge in [0.1, 0.15) is 5.60 Å². The lowest BCUT2D eigenvalue weighted by molar-refractivity contribution is 0.0523. The van der Waals surface area contributed by atoms with Gasteiger partial charge in [0.25, 0.3) is 0 Å². The number of nitrogens with two attached hydrogens (primary N) is 1. The second-order valence-electron chi connectivity index (χ2n) is 5.41. The molecule has 0 saturated carbocycles. The Bertz CT molecular complexity index is 516. The van der Waals surface area contributed by atoms with Gasteiger partial charge in [0.2, 0.25) is 0 Å². The van der Waals surface area contributed by atoms with Gasteiger partial charge in [-0.2, -0.15) is 0 Å². The van der Waals surface area contributed by atoms with Crippen LogP contribution in [0.5, 0.6) is 0 Å². The fraction of sp³-hybridized carbons (Fsp3) is 0.467. The van der Waals surface area contributed by atoms with Crippen LogP contribution in [0.4, 0.5) is 10.5 Å². The maximum atomic E-state index is 11.6. The first-order chi connectivity index (χ1) is 9.80. The lowest BCUT2D eigenvalue weighted by atomic mass is 10.2. The molecule has 1 amide bonds. The van der Waals surface area contributed by atoms with Crippen molar-refractivity contribution in [3.63, 3.8) is 0 Å². The van der Waals surface area contributed by atoms with E-state index in [1.165, 1.54) is 11.8 Å². The third-order valence-electron chi connectivity index (χ3n) is 2.28. The molecule has 1 aromatic rings. The first-order valence-electron chi connectivity index (χ1n) is 6.83. The predicted octanol–water partition coefficient (Wildman–Crippen LogP) is 4.03. The molecule has 7 heteroatoms. The second-order valence-corrected chi connectivity index (χ2v) is 6.69. The van der Waals surface area contributed by atoms with Crippen molar-refractivity contribution in [1.82, 2.24) is 5.32 Å². The normalized spacial score (nSPS) is 11.5. The second kappa shape index (κ2) is 9.94. The summed E-state index contributed by atoms with van der Waals surface area (Å²) in [6.07, 6.45) is -0.433. The summed E-state index contributed by atoms with van der Waals surface area (Å²) in [6.45, 7) is 7.90. The number of hydrogen-bond acceptors (Lipinski definition) is 4. The van der Waals surface area contributed by atoms with Gasteiger partial charge in [-0.25, -0.2) is 9.79 Å². The molecule has 0 bridgehead atoms. The number of amides is 1. The van der Waals surface area contributed by atoms with Crippen LogP contribution in [0.25, 0.3) is 0 Å². The molecule has 3 N–H and O–H groups in total. The van der Waals surface area contributed by atoms with Gasteiger partial charge >= 0.3 is 6.09 Å². The van der Waals surface area contributed by atoms with Gasteiger partial charge in [0.15, 0.2) is 5.17 Å². The monoisotopic (exact) mass is 437 g/mol. The number of aliphatic imine (C=N–C) groups is 1. The van der Waals surface area contributed by atoms with Crippen molar-refractivity contribution in [2.45, 2.75) is 39.8 Å². The number of thioether (sulfide) groups is 1. The summed E-state index contributed by atoms with van der Waals surface area (Å²) in [5.74, 6) is 0.884. The zero-order chi connectivity index (χ0) is 15.9. The predicted molar refractivity (Wildman–Crippen MR) is 104 cm³/mol. The van der Waals surface area contributed by atoms with Crippen molar-refractivity contribution in [3.8, 4) is 0 Å². The van der Waals surface area contributed by atoms with Crippen molar-refractivity contribution in [2.75, 3.05) is 5.75 Å².